The van der Waals surface area contributed by atoms with Gasteiger partial charge in [0.15, 0.2) is 5.13 Å². The Kier molecular flexibility index (Phi) is 7.20. The molecule has 2 rings (SSSR count). The average Bonchev–Trinajstić information content (AvgIpc) is 3.17. The fraction of sp³-hybridized carbons (Fsp3) is 0.579. The van der Waals surface area contributed by atoms with E-state index in [2.05, 4.69) is 55.1 Å². The summed E-state index contributed by atoms with van der Waals surface area (Å²) in [7, 11) is 4.23. The van der Waals surface area contributed by atoms with Crippen molar-refractivity contribution >= 4 is 28.6 Å². The van der Waals surface area contributed by atoms with Gasteiger partial charge in [0.1, 0.15) is 5.76 Å². The fourth-order valence-corrected chi connectivity index (χ4v) is 2.98. The quantitative estimate of drug-likeness (QED) is 0.653. The van der Waals surface area contributed by atoms with Crippen LogP contribution in [0.1, 0.15) is 56.6 Å². The highest BCUT2D eigenvalue weighted by molar-refractivity contribution is 7.16. The maximum absolute atomic E-state index is 5.76. The molecule has 1 N–H and O–H groups in total. The lowest BCUT2D eigenvalue weighted by Gasteiger charge is -2.12. The highest BCUT2D eigenvalue weighted by Crippen LogP contribution is 2.24. The Morgan fingerprint density at radius 1 is 1.12 bits per heavy atom. The molecule has 138 valence electrons. The summed E-state index contributed by atoms with van der Waals surface area (Å²) in [5, 5.41) is 4.36. The van der Waals surface area contributed by atoms with Gasteiger partial charge in [-0.2, -0.15) is 0 Å². The van der Waals surface area contributed by atoms with Crippen LogP contribution in [0.15, 0.2) is 16.8 Å². The molecule has 0 aliphatic rings. The molecule has 0 aromatic carbocycles. The number of hydrogen-bond donors (Lipinski definition) is 1. The Bertz CT molecular complexity index is 667. The van der Waals surface area contributed by atoms with Crippen LogP contribution < -0.4 is 5.32 Å². The van der Waals surface area contributed by atoms with E-state index in [1.807, 2.05) is 18.3 Å². The lowest BCUT2D eigenvalue weighted by atomic mass is 9.94. The third kappa shape index (κ3) is 7.00. The first-order chi connectivity index (χ1) is 11.8. The first kappa shape index (κ1) is 19.7. The lowest BCUT2D eigenvalue weighted by molar-refractivity contribution is 0.393. The van der Waals surface area contributed by atoms with Crippen LogP contribution in [0.2, 0.25) is 0 Å². The lowest BCUT2D eigenvalue weighted by Crippen LogP contribution is -2.13. The molecule has 0 fully saturated rings. The van der Waals surface area contributed by atoms with Gasteiger partial charge in [0.25, 0.3) is 0 Å². The van der Waals surface area contributed by atoms with Crippen molar-refractivity contribution in [3.63, 3.8) is 0 Å². The normalized spacial score (nSPS) is 12.4. The van der Waals surface area contributed by atoms with Crippen molar-refractivity contribution in [3.8, 4) is 0 Å². The smallest absolute Gasteiger partial charge is 0.218 e. The molecule has 0 radical (unpaired) electrons. The fourth-order valence-electron chi connectivity index (χ4n) is 2.24. The van der Waals surface area contributed by atoms with Crippen LogP contribution in [0.25, 0.3) is 12.2 Å². The summed E-state index contributed by atoms with van der Waals surface area (Å²) in [5.41, 5.74) is -0.0206. The van der Waals surface area contributed by atoms with Gasteiger partial charge in [-0.3, -0.25) is 0 Å². The molecule has 0 amide bonds. The monoisotopic (exact) mass is 362 g/mol. The topological polar surface area (TPSA) is 54.2 Å². The van der Waals surface area contributed by atoms with Crippen molar-refractivity contribution in [1.82, 2.24) is 14.9 Å². The molecule has 5 nitrogen and oxygen atoms in total. The van der Waals surface area contributed by atoms with Crippen LogP contribution in [0.5, 0.6) is 0 Å². The van der Waals surface area contributed by atoms with E-state index < -0.39 is 0 Å². The van der Waals surface area contributed by atoms with Crippen LogP contribution in [0.3, 0.4) is 0 Å². The van der Waals surface area contributed by atoms with Gasteiger partial charge in [0.2, 0.25) is 5.89 Å². The summed E-state index contributed by atoms with van der Waals surface area (Å²) < 4.78 is 5.76. The molecule has 0 aliphatic carbocycles. The van der Waals surface area contributed by atoms with Crippen molar-refractivity contribution in [1.29, 1.82) is 0 Å². The Labute approximate surface area is 155 Å². The minimum absolute atomic E-state index is 0.0206. The number of nitrogens with zero attached hydrogens (tertiary/aromatic N) is 3. The van der Waals surface area contributed by atoms with Gasteiger partial charge in [-0.1, -0.05) is 38.5 Å². The second-order valence-corrected chi connectivity index (χ2v) is 8.57. The molecule has 0 atom stereocenters. The highest BCUT2D eigenvalue weighted by Gasteiger charge is 2.18. The van der Waals surface area contributed by atoms with Gasteiger partial charge in [0.05, 0.1) is 6.20 Å². The Morgan fingerprint density at radius 3 is 2.60 bits per heavy atom. The average molecular weight is 363 g/mol. The third-order valence-corrected chi connectivity index (χ3v) is 4.66. The van der Waals surface area contributed by atoms with E-state index in [0.717, 1.165) is 28.9 Å². The van der Waals surface area contributed by atoms with Gasteiger partial charge < -0.3 is 14.6 Å². The Hall–Kier alpha value is -1.66. The zero-order chi connectivity index (χ0) is 18.3. The van der Waals surface area contributed by atoms with Gasteiger partial charge in [-0.25, -0.2) is 9.97 Å². The Balaban J connectivity index is 1.76. The number of unbranched alkanes of at least 4 members (excludes halogenated alkanes) is 2. The van der Waals surface area contributed by atoms with Crippen molar-refractivity contribution in [2.24, 2.45) is 0 Å². The number of nitrogens with one attached hydrogen (secondary N) is 1. The van der Waals surface area contributed by atoms with Gasteiger partial charge >= 0.3 is 0 Å². The van der Waals surface area contributed by atoms with Crippen molar-refractivity contribution in [2.45, 2.75) is 45.4 Å². The van der Waals surface area contributed by atoms with Crippen molar-refractivity contribution in [3.05, 3.63) is 28.9 Å². The molecule has 0 unspecified atom stereocenters. The van der Waals surface area contributed by atoms with E-state index in [4.69, 9.17) is 4.42 Å². The molecule has 2 aromatic rings. The van der Waals surface area contributed by atoms with Gasteiger partial charge in [-0.15, -0.1) is 0 Å². The van der Waals surface area contributed by atoms with Crippen molar-refractivity contribution < 1.29 is 4.42 Å². The molecular weight excluding hydrogens is 332 g/mol. The SMILES string of the molecule is CN(C)CCCCCNc1ncc(C=Cc2ncc(C(C)(C)C)o2)s1. The highest BCUT2D eigenvalue weighted by atomic mass is 32.1. The minimum atomic E-state index is -0.0206. The maximum atomic E-state index is 5.76. The standard InChI is InChI=1S/C19H30N4OS/c1-19(2,3)16-14-21-17(24-16)10-9-15-13-22-18(25-15)20-11-7-6-8-12-23(4)5/h9-10,13-14H,6-8,11-12H2,1-5H3,(H,20,22). The first-order valence-electron chi connectivity index (χ1n) is 8.83. The van der Waals surface area contributed by atoms with Crippen LogP contribution in [-0.2, 0) is 5.41 Å². The summed E-state index contributed by atoms with van der Waals surface area (Å²) in [4.78, 5) is 12.0. The zero-order valence-corrected chi connectivity index (χ0v) is 16.8. The van der Waals surface area contributed by atoms with E-state index in [0.29, 0.717) is 5.89 Å². The van der Waals surface area contributed by atoms with E-state index >= 15 is 0 Å². The first-order valence-corrected chi connectivity index (χ1v) is 9.65. The Morgan fingerprint density at radius 2 is 1.92 bits per heavy atom. The molecule has 0 spiro atoms. The predicted octanol–water partition coefficient (Wildman–Crippen LogP) is 4.74. The third-order valence-electron chi connectivity index (χ3n) is 3.73. The van der Waals surface area contributed by atoms with Crippen LogP contribution in [-0.4, -0.2) is 42.1 Å². The predicted molar refractivity (Wildman–Crippen MR) is 107 cm³/mol. The molecule has 25 heavy (non-hydrogen) atoms. The minimum Gasteiger partial charge on any atom is -0.441 e. The number of anilines is 1. The second-order valence-electron chi connectivity index (χ2n) is 7.50. The largest absolute Gasteiger partial charge is 0.441 e. The van der Waals surface area contributed by atoms with E-state index in [1.54, 1.807) is 17.5 Å². The molecule has 6 heteroatoms. The molecule has 0 aliphatic heterocycles. The molecule has 0 bridgehead atoms. The molecule has 2 aromatic heterocycles. The van der Waals surface area contributed by atoms with Gasteiger partial charge in [-0.05, 0) is 39.6 Å². The van der Waals surface area contributed by atoms with Crippen LogP contribution >= 0.6 is 11.3 Å². The number of thiazole rings is 1. The van der Waals surface area contributed by atoms with E-state index in [1.165, 1.54) is 19.3 Å². The number of aromatic nitrogens is 2. The zero-order valence-electron chi connectivity index (χ0n) is 16.0. The maximum Gasteiger partial charge on any atom is 0.218 e. The summed E-state index contributed by atoms with van der Waals surface area (Å²) in [5.74, 6) is 1.53. The molecule has 0 saturated carbocycles. The summed E-state index contributed by atoms with van der Waals surface area (Å²) in [6.07, 6.45) is 11.2. The number of rotatable bonds is 9. The second kappa shape index (κ2) is 9.15. The van der Waals surface area contributed by atoms with Crippen molar-refractivity contribution in [2.75, 3.05) is 32.5 Å². The van der Waals surface area contributed by atoms with E-state index in [-0.39, 0.29) is 5.41 Å². The summed E-state index contributed by atoms with van der Waals surface area (Å²) in [6, 6.07) is 0. The summed E-state index contributed by atoms with van der Waals surface area (Å²) >= 11 is 1.65. The van der Waals surface area contributed by atoms with E-state index in [9.17, 15) is 0 Å². The number of hydrogen-bond acceptors (Lipinski definition) is 6. The molecular formula is C19H30N4OS. The van der Waals surface area contributed by atoms with Gasteiger partial charge in [0, 0.05) is 29.1 Å². The van der Waals surface area contributed by atoms with Crippen LogP contribution in [0.4, 0.5) is 5.13 Å². The summed E-state index contributed by atoms with van der Waals surface area (Å²) in [6.45, 7) is 8.47. The number of oxazole rings is 1. The van der Waals surface area contributed by atoms with Crippen LogP contribution in [0, 0.1) is 0 Å². The molecule has 0 saturated heterocycles. The molecule has 2 heterocycles.